The maximum Gasteiger partial charge on any atom is 0.338 e. The Morgan fingerprint density at radius 3 is 1.43 bits per heavy atom. The molecule has 0 aromatic heterocycles. The zero-order valence-corrected chi connectivity index (χ0v) is 26.4. The number of ether oxygens (including phenoxy) is 2. The minimum absolute atomic E-state index is 0.0881. The molecule has 0 unspecified atom stereocenters. The molecule has 6 nitrogen and oxygen atoms in total. The van der Waals surface area contributed by atoms with E-state index in [1.165, 1.54) is 0 Å². The lowest BCUT2D eigenvalue weighted by Crippen LogP contribution is -2.59. The number of fused-ring (bicyclic) bond motifs is 1. The number of benzene rings is 3. The molecular weight excluding hydrogens is 524 g/mol. The highest BCUT2D eigenvalue weighted by atomic mass is 16.5. The molecule has 6 heteroatoms. The minimum Gasteiger partial charge on any atom is -0.459 e. The molecule has 5 rings (SSSR count). The largest absolute Gasteiger partial charge is 0.459 e. The lowest BCUT2D eigenvalue weighted by atomic mass is 9.81. The van der Waals surface area contributed by atoms with Crippen LogP contribution in [-0.2, 0) is 9.47 Å². The Morgan fingerprint density at radius 1 is 0.548 bits per heavy atom. The van der Waals surface area contributed by atoms with E-state index >= 15 is 0 Å². The third kappa shape index (κ3) is 7.22. The zero-order valence-electron chi connectivity index (χ0n) is 26.4. The molecule has 2 aliphatic heterocycles. The number of esters is 2. The van der Waals surface area contributed by atoms with Crippen LogP contribution in [0.2, 0.25) is 0 Å². The van der Waals surface area contributed by atoms with Gasteiger partial charge in [0.05, 0.1) is 11.1 Å². The number of piperidine rings is 2. The summed E-state index contributed by atoms with van der Waals surface area (Å²) in [5.74, 6) is -0.562. The second-order valence-corrected chi connectivity index (χ2v) is 15.0. The summed E-state index contributed by atoms with van der Waals surface area (Å²) in [5.41, 5.74) is 2.81. The Kier molecular flexibility index (Phi) is 7.78. The highest BCUT2D eigenvalue weighted by Crippen LogP contribution is 2.33. The molecule has 2 aliphatic rings. The van der Waals surface area contributed by atoms with Gasteiger partial charge in [-0.25, -0.2) is 9.59 Å². The van der Waals surface area contributed by atoms with Crippen LogP contribution in [-0.4, -0.2) is 46.3 Å². The number of carbonyl (C=O) groups is 2. The molecule has 0 amide bonds. The summed E-state index contributed by atoms with van der Waals surface area (Å²) < 4.78 is 11.9. The van der Waals surface area contributed by atoms with Crippen LogP contribution in [0.4, 0.5) is 0 Å². The van der Waals surface area contributed by atoms with E-state index in [9.17, 15) is 9.59 Å². The molecule has 0 radical (unpaired) electrons. The predicted molar refractivity (Wildman–Crippen MR) is 169 cm³/mol. The SMILES string of the molecule is CC1(C)CC(OC(=O)c2ccc(-c3ccc4cc(C(=O)OC5CC(C)(C)NC(C)(C)C5)ccc4c3)cc2)CC(C)(C)N1. The highest BCUT2D eigenvalue weighted by molar-refractivity contribution is 5.97. The average molecular weight is 571 g/mol. The first-order valence-corrected chi connectivity index (χ1v) is 15.1. The molecule has 2 saturated heterocycles. The van der Waals surface area contributed by atoms with Crippen molar-refractivity contribution in [2.45, 2.75) is 115 Å². The standard InChI is InChI=1S/C36H46N2O4/c1-33(2)19-29(20-34(3,4)37-33)41-31(39)24-11-9-23(10-12-24)25-13-14-27-18-28(16-15-26(27)17-25)32(40)42-30-21-35(5,6)38-36(7,8)22-30/h9-18,29-30,37-38H,19-22H2,1-8H3. The summed E-state index contributed by atoms with van der Waals surface area (Å²) in [6.45, 7) is 17.2. The van der Waals surface area contributed by atoms with E-state index in [1.807, 2.05) is 54.6 Å². The van der Waals surface area contributed by atoms with Crippen molar-refractivity contribution in [3.63, 3.8) is 0 Å². The van der Waals surface area contributed by atoms with E-state index in [0.717, 1.165) is 47.6 Å². The first kappa shape index (κ1) is 30.2. The summed E-state index contributed by atoms with van der Waals surface area (Å²) in [6, 6.07) is 19.5. The topological polar surface area (TPSA) is 76.7 Å². The van der Waals surface area contributed by atoms with E-state index < -0.39 is 0 Å². The third-order valence-corrected chi connectivity index (χ3v) is 8.38. The molecule has 42 heavy (non-hydrogen) atoms. The van der Waals surface area contributed by atoms with Gasteiger partial charge in [-0.15, -0.1) is 0 Å². The fraction of sp³-hybridized carbons (Fsp3) is 0.500. The molecular formula is C36H46N2O4. The highest BCUT2D eigenvalue weighted by Gasteiger charge is 2.40. The summed E-state index contributed by atoms with van der Waals surface area (Å²) >= 11 is 0. The van der Waals surface area contributed by atoms with Gasteiger partial charge in [0.15, 0.2) is 0 Å². The van der Waals surface area contributed by atoms with Crippen molar-refractivity contribution < 1.29 is 19.1 Å². The molecule has 0 spiro atoms. The van der Waals surface area contributed by atoms with Crippen LogP contribution in [0.15, 0.2) is 60.7 Å². The fourth-order valence-electron chi connectivity index (χ4n) is 7.41. The average Bonchev–Trinajstić information content (AvgIpc) is 2.84. The summed E-state index contributed by atoms with van der Waals surface area (Å²) in [6.07, 6.45) is 2.88. The van der Waals surface area contributed by atoms with E-state index in [4.69, 9.17) is 9.47 Å². The van der Waals surface area contributed by atoms with Crippen LogP contribution in [0.5, 0.6) is 0 Å². The van der Waals surface area contributed by atoms with Gasteiger partial charge in [0, 0.05) is 47.8 Å². The van der Waals surface area contributed by atoms with Gasteiger partial charge in [-0.1, -0.05) is 30.3 Å². The molecule has 3 aromatic rings. The second-order valence-electron chi connectivity index (χ2n) is 15.0. The van der Waals surface area contributed by atoms with Crippen molar-refractivity contribution in [3.05, 3.63) is 71.8 Å². The van der Waals surface area contributed by atoms with Crippen LogP contribution < -0.4 is 10.6 Å². The predicted octanol–water partition coefficient (Wildman–Crippen LogP) is 7.44. The first-order chi connectivity index (χ1) is 19.5. The zero-order chi connectivity index (χ0) is 30.5. The van der Waals surface area contributed by atoms with Crippen molar-refractivity contribution in [3.8, 4) is 11.1 Å². The van der Waals surface area contributed by atoms with Gasteiger partial charge in [0.1, 0.15) is 12.2 Å². The molecule has 224 valence electrons. The summed E-state index contributed by atoms with van der Waals surface area (Å²) in [5, 5.41) is 9.27. The fourth-order valence-corrected chi connectivity index (χ4v) is 7.41. The van der Waals surface area contributed by atoms with E-state index in [2.05, 4.69) is 72.1 Å². The van der Waals surface area contributed by atoms with Gasteiger partial charge >= 0.3 is 11.9 Å². The Hall–Kier alpha value is -3.22. The quantitative estimate of drug-likeness (QED) is 0.311. The lowest BCUT2D eigenvalue weighted by molar-refractivity contribution is -0.00765. The number of rotatable bonds is 5. The van der Waals surface area contributed by atoms with Crippen molar-refractivity contribution in [2.75, 3.05) is 0 Å². The molecule has 2 heterocycles. The van der Waals surface area contributed by atoms with Crippen molar-refractivity contribution in [1.82, 2.24) is 10.6 Å². The molecule has 0 atom stereocenters. The van der Waals surface area contributed by atoms with Gasteiger partial charge in [-0.05, 0) is 108 Å². The van der Waals surface area contributed by atoms with Gasteiger partial charge in [0.2, 0.25) is 0 Å². The van der Waals surface area contributed by atoms with E-state index in [-0.39, 0.29) is 46.3 Å². The van der Waals surface area contributed by atoms with Crippen LogP contribution in [0, 0.1) is 0 Å². The smallest absolute Gasteiger partial charge is 0.338 e. The monoisotopic (exact) mass is 570 g/mol. The van der Waals surface area contributed by atoms with Crippen LogP contribution in [0.3, 0.4) is 0 Å². The Bertz CT molecular complexity index is 1450. The number of hydrogen-bond donors (Lipinski definition) is 2. The van der Waals surface area contributed by atoms with Gasteiger partial charge in [-0.2, -0.15) is 0 Å². The molecule has 0 aliphatic carbocycles. The summed E-state index contributed by atoms with van der Waals surface area (Å²) in [7, 11) is 0. The van der Waals surface area contributed by atoms with Crippen molar-refractivity contribution in [1.29, 1.82) is 0 Å². The number of carbonyl (C=O) groups excluding carboxylic acids is 2. The van der Waals surface area contributed by atoms with Crippen molar-refractivity contribution in [2.24, 2.45) is 0 Å². The second kappa shape index (κ2) is 10.8. The lowest BCUT2D eigenvalue weighted by Gasteiger charge is -2.45. The van der Waals surface area contributed by atoms with Crippen molar-refractivity contribution >= 4 is 22.7 Å². The normalized spacial score (nSPS) is 21.5. The number of nitrogens with one attached hydrogen (secondary N) is 2. The molecule has 2 fully saturated rings. The third-order valence-electron chi connectivity index (χ3n) is 8.38. The maximum absolute atomic E-state index is 13.1. The van der Waals surface area contributed by atoms with Crippen LogP contribution >= 0.6 is 0 Å². The number of hydrogen-bond acceptors (Lipinski definition) is 6. The minimum atomic E-state index is -0.283. The van der Waals surface area contributed by atoms with Gasteiger partial charge in [-0.3, -0.25) is 0 Å². The first-order valence-electron chi connectivity index (χ1n) is 15.1. The van der Waals surface area contributed by atoms with E-state index in [0.29, 0.717) is 11.1 Å². The Morgan fingerprint density at radius 2 is 0.929 bits per heavy atom. The molecule has 3 aromatic carbocycles. The van der Waals surface area contributed by atoms with Gasteiger partial charge < -0.3 is 20.1 Å². The molecule has 2 N–H and O–H groups in total. The molecule has 0 saturated carbocycles. The maximum atomic E-state index is 13.1. The Labute approximate surface area is 250 Å². The van der Waals surface area contributed by atoms with Crippen LogP contribution in [0.25, 0.3) is 21.9 Å². The van der Waals surface area contributed by atoms with E-state index in [1.54, 1.807) is 0 Å². The van der Waals surface area contributed by atoms with Gasteiger partial charge in [0.25, 0.3) is 0 Å². The summed E-state index contributed by atoms with van der Waals surface area (Å²) in [4.78, 5) is 26.0. The van der Waals surface area contributed by atoms with Crippen LogP contribution in [0.1, 0.15) is 102 Å². The molecule has 0 bridgehead atoms. The Balaban J connectivity index is 1.25.